The summed E-state index contributed by atoms with van der Waals surface area (Å²) in [4.78, 5) is 35.7. The van der Waals surface area contributed by atoms with Gasteiger partial charge in [-0.15, -0.1) is 0 Å². The van der Waals surface area contributed by atoms with Crippen LogP contribution in [-0.2, 0) is 9.53 Å². The molecule has 1 aromatic heterocycles. The Morgan fingerprint density at radius 3 is 2.71 bits per heavy atom. The highest BCUT2D eigenvalue weighted by atomic mass is 16.5. The number of carbonyl (C=O) groups is 1. The Morgan fingerprint density at radius 2 is 2.00 bits per heavy atom. The Morgan fingerprint density at radius 1 is 1.25 bits per heavy atom. The molecule has 0 radical (unpaired) electrons. The Balaban J connectivity index is 1.76. The lowest BCUT2D eigenvalue weighted by Gasteiger charge is -2.22. The maximum atomic E-state index is 12.1. The van der Waals surface area contributed by atoms with Gasteiger partial charge in [-0.3, -0.25) is 14.6 Å². The highest BCUT2D eigenvalue weighted by Gasteiger charge is 2.31. The van der Waals surface area contributed by atoms with Gasteiger partial charge in [-0.1, -0.05) is 12.8 Å². The van der Waals surface area contributed by atoms with Crippen LogP contribution in [0.3, 0.4) is 0 Å². The summed E-state index contributed by atoms with van der Waals surface area (Å²) >= 11 is 0. The molecule has 1 N–H and O–H groups in total. The molecule has 1 aromatic rings. The smallest absolute Gasteiger partial charge is 0.252 e. The van der Waals surface area contributed by atoms with Gasteiger partial charge < -0.3 is 14.5 Å². The van der Waals surface area contributed by atoms with Crippen molar-refractivity contribution in [3.05, 3.63) is 22.1 Å². The van der Waals surface area contributed by atoms with Crippen LogP contribution >= 0.6 is 0 Å². The predicted molar refractivity (Wildman–Crippen MR) is 91.4 cm³/mol. The van der Waals surface area contributed by atoms with Gasteiger partial charge in [-0.2, -0.15) is 0 Å². The van der Waals surface area contributed by atoms with Gasteiger partial charge >= 0.3 is 0 Å². The van der Waals surface area contributed by atoms with E-state index in [0.29, 0.717) is 32.1 Å². The van der Waals surface area contributed by atoms with Crippen LogP contribution < -0.4 is 10.5 Å². The first-order chi connectivity index (χ1) is 11.7. The zero-order chi connectivity index (χ0) is 16.9. The van der Waals surface area contributed by atoms with E-state index in [1.807, 2.05) is 0 Å². The zero-order valence-electron chi connectivity index (χ0n) is 14.3. The second-order valence-electron chi connectivity index (χ2n) is 6.63. The molecule has 2 aliphatic rings. The minimum atomic E-state index is -0.137. The number of aromatic amines is 1. The molecule has 0 unspecified atom stereocenters. The SMILES string of the molecule is COCCN1C[C@@H](c2cc(=O)[nH]c(N3CCCCCC3)n2)CC1=O. The number of hydrogen-bond donors (Lipinski definition) is 1. The number of methoxy groups -OCH3 is 1. The van der Waals surface area contributed by atoms with Crippen molar-refractivity contribution in [1.82, 2.24) is 14.9 Å². The Bertz CT molecular complexity index is 623. The Labute approximate surface area is 142 Å². The van der Waals surface area contributed by atoms with Crippen LogP contribution in [0, 0.1) is 0 Å². The quantitative estimate of drug-likeness (QED) is 0.873. The van der Waals surface area contributed by atoms with Crippen molar-refractivity contribution in [3.63, 3.8) is 0 Å². The molecule has 1 amide bonds. The summed E-state index contributed by atoms with van der Waals surface area (Å²) in [6.45, 7) is 3.58. The number of amides is 1. The minimum absolute atomic E-state index is 0.0117. The van der Waals surface area contributed by atoms with Gasteiger partial charge in [0.1, 0.15) is 0 Å². The molecule has 0 saturated carbocycles. The van der Waals surface area contributed by atoms with E-state index in [1.165, 1.54) is 12.8 Å². The third kappa shape index (κ3) is 3.95. The number of nitrogens with one attached hydrogen (secondary N) is 1. The van der Waals surface area contributed by atoms with Crippen LogP contribution in [-0.4, -0.2) is 60.7 Å². The van der Waals surface area contributed by atoms with Crippen molar-refractivity contribution in [3.8, 4) is 0 Å². The summed E-state index contributed by atoms with van der Waals surface area (Å²) < 4.78 is 5.05. The van der Waals surface area contributed by atoms with Crippen molar-refractivity contribution in [2.24, 2.45) is 0 Å². The maximum Gasteiger partial charge on any atom is 0.252 e. The van der Waals surface area contributed by atoms with E-state index in [2.05, 4.69) is 9.88 Å². The number of rotatable bonds is 5. The van der Waals surface area contributed by atoms with Crippen molar-refractivity contribution in [2.45, 2.75) is 38.0 Å². The highest BCUT2D eigenvalue weighted by molar-refractivity contribution is 5.79. The third-order valence-electron chi connectivity index (χ3n) is 4.85. The van der Waals surface area contributed by atoms with Gasteiger partial charge in [0.05, 0.1) is 12.3 Å². The second kappa shape index (κ2) is 7.79. The summed E-state index contributed by atoms with van der Waals surface area (Å²) in [5.41, 5.74) is 0.591. The normalized spacial score (nSPS) is 22.0. The van der Waals surface area contributed by atoms with E-state index in [-0.39, 0.29) is 17.4 Å². The second-order valence-corrected chi connectivity index (χ2v) is 6.63. The van der Waals surface area contributed by atoms with Crippen molar-refractivity contribution >= 4 is 11.9 Å². The molecule has 132 valence electrons. The number of H-pyrrole nitrogens is 1. The van der Waals surface area contributed by atoms with Crippen LogP contribution in [0.5, 0.6) is 0 Å². The molecule has 24 heavy (non-hydrogen) atoms. The molecule has 2 saturated heterocycles. The summed E-state index contributed by atoms with van der Waals surface area (Å²) in [5, 5.41) is 0. The molecule has 0 aliphatic carbocycles. The molecule has 2 aliphatic heterocycles. The molecule has 1 atom stereocenters. The topological polar surface area (TPSA) is 78.5 Å². The van der Waals surface area contributed by atoms with Gasteiger partial charge in [0.15, 0.2) is 0 Å². The average molecular weight is 334 g/mol. The molecule has 0 aromatic carbocycles. The molecule has 2 fully saturated rings. The number of ether oxygens (including phenoxy) is 1. The number of likely N-dealkylation sites (tertiary alicyclic amines) is 1. The van der Waals surface area contributed by atoms with E-state index < -0.39 is 0 Å². The average Bonchev–Trinajstić information content (AvgIpc) is 2.77. The Kier molecular flexibility index (Phi) is 5.50. The lowest BCUT2D eigenvalue weighted by Crippen LogP contribution is -2.30. The van der Waals surface area contributed by atoms with Crippen molar-refractivity contribution in [1.29, 1.82) is 0 Å². The molecule has 0 spiro atoms. The van der Waals surface area contributed by atoms with Crippen LogP contribution in [0.2, 0.25) is 0 Å². The molecule has 3 heterocycles. The summed E-state index contributed by atoms with van der Waals surface area (Å²) in [6.07, 6.45) is 5.12. The number of aromatic nitrogens is 2. The van der Waals surface area contributed by atoms with Gasteiger partial charge in [-0.25, -0.2) is 4.98 Å². The molecule has 0 bridgehead atoms. The monoisotopic (exact) mass is 334 g/mol. The summed E-state index contributed by atoms with van der Waals surface area (Å²) in [6, 6.07) is 1.54. The largest absolute Gasteiger partial charge is 0.383 e. The number of carbonyl (C=O) groups excluding carboxylic acids is 1. The fourth-order valence-electron chi connectivity index (χ4n) is 3.49. The standard InChI is InChI=1S/C17H26N4O3/c1-24-9-8-21-12-13(10-16(21)23)14-11-15(22)19-17(18-14)20-6-4-2-3-5-7-20/h11,13H,2-10,12H2,1H3,(H,18,19,22)/t13-/m0/s1. The van der Waals surface area contributed by atoms with E-state index in [9.17, 15) is 9.59 Å². The van der Waals surface area contributed by atoms with E-state index in [4.69, 9.17) is 9.72 Å². The first kappa shape index (κ1) is 17.0. The van der Waals surface area contributed by atoms with Gasteiger partial charge in [0, 0.05) is 51.7 Å². The van der Waals surface area contributed by atoms with Gasteiger partial charge in [0.25, 0.3) is 5.56 Å². The van der Waals surface area contributed by atoms with Crippen LogP contribution in [0.15, 0.2) is 10.9 Å². The lowest BCUT2D eigenvalue weighted by atomic mass is 10.0. The van der Waals surface area contributed by atoms with Crippen LogP contribution in [0.25, 0.3) is 0 Å². The molecule has 7 nitrogen and oxygen atoms in total. The maximum absolute atomic E-state index is 12.1. The van der Waals surface area contributed by atoms with Gasteiger partial charge in [-0.05, 0) is 12.8 Å². The minimum Gasteiger partial charge on any atom is -0.383 e. The third-order valence-corrected chi connectivity index (χ3v) is 4.85. The number of nitrogens with zero attached hydrogens (tertiary/aromatic N) is 3. The van der Waals surface area contributed by atoms with E-state index in [1.54, 1.807) is 18.1 Å². The summed E-state index contributed by atoms with van der Waals surface area (Å²) in [7, 11) is 1.63. The van der Waals surface area contributed by atoms with E-state index in [0.717, 1.165) is 31.6 Å². The van der Waals surface area contributed by atoms with Crippen molar-refractivity contribution < 1.29 is 9.53 Å². The molecular weight excluding hydrogens is 308 g/mol. The molecule has 3 rings (SSSR count). The number of hydrogen-bond acceptors (Lipinski definition) is 5. The zero-order valence-corrected chi connectivity index (χ0v) is 14.3. The predicted octanol–water partition coefficient (Wildman–Crippen LogP) is 1.11. The van der Waals surface area contributed by atoms with Crippen LogP contribution in [0.4, 0.5) is 5.95 Å². The van der Waals surface area contributed by atoms with Crippen LogP contribution in [0.1, 0.15) is 43.7 Å². The molecule has 7 heteroatoms. The fourth-order valence-corrected chi connectivity index (χ4v) is 3.49. The highest BCUT2D eigenvalue weighted by Crippen LogP contribution is 2.27. The van der Waals surface area contributed by atoms with E-state index >= 15 is 0 Å². The number of anilines is 1. The first-order valence-electron chi connectivity index (χ1n) is 8.80. The lowest BCUT2D eigenvalue weighted by molar-refractivity contribution is -0.128. The Hall–Kier alpha value is -1.89. The fraction of sp³-hybridized carbons (Fsp3) is 0.706. The van der Waals surface area contributed by atoms with Gasteiger partial charge in [0.2, 0.25) is 11.9 Å². The summed E-state index contributed by atoms with van der Waals surface area (Å²) in [5.74, 6) is 0.750. The van der Waals surface area contributed by atoms with Crippen molar-refractivity contribution in [2.75, 3.05) is 44.8 Å². The molecular formula is C17H26N4O3. The first-order valence-corrected chi connectivity index (χ1v) is 8.80.